The molecule has 2 unspecified atom stereocenters. The zero-order valence-corrected chi connectivity index (χ0v) is 22.0. The van der Waals surface area contributed by atoms with Crippen molar-refractivity contribution in [2.24, 2.45) is 5.92 Å². The molecule has 1 fully saturated rings. The number of nitrogens with zero attached hydrogens (tertiary/aromatic N) is 1. The van der Waals surface area contributed by atoms with E-state index in [9.17, 15) is 4.79 Å². The van der Waals surface area contributed by atoms with E-state index < -0.39 is 0 Å². The number of carbonyl (C=O) groups excluding carboxylic acids is 1. The third-order valence-electron chi connectivity index (χ3n) is 7.75. The molecule has 2 atom stereocenters. The number of hydrogen-bond donors (Lipinski definition) is 0. The Morgan fingerprint density at radius 1 is 0.795 bits per heavy atom. The summed E-state index contributed by atoms with van der Waals surface area (Å²) in [4.78, 5) is 17.2. The second kappa shape index (κ2) is 11.1. The fourth-order valence-electron chi connectivity index (χ4n) is 5.80. The lowest BCUT2D eigenvalue weighted by molar-refractivity contribution is 0.0601. The molecule has 5 aromatic rings. The van der Waals surface area contributed by atoms with E-state index in [1.165, 1.54) is 19.1 Å². The van der Waals surface area contributed by atoms with Gasteiger partial charge in [-0.05, 0) is 54.0 Å². The van der Waals surface area contributed by atoms with E-state index in [4.69, 9.17) is 14.1 Å². The maximum Gasteiger partial charge on any atom is 0.337 e. The highest BCUT2D eigenvalue weighted by atomic mass is 16.5. The maximum atomic E-state index is 12.0. The molecule has 4 heteroatoms. The maximum absolute atomic E-state index is 12.0. The standard InChI is InChI=1S/C35H31NO3/c1-38-35(37)30-19-9-17-28(23-30)27-16-8-11-24(21-27)22-29-18-10-20-31(29)34-36-32(25-12-4-2-5-13-25)33(39-34)26-14-6-3-7-15-26/h2-9,11-17,19,21,23,29,31H,10,18,20,22H2,1H3. The summed E-state index contributed by atoms with van der Waals surface area (Å²) in [6, 6.07) is 36.8. The smallest absolute Gasteiger partial charge is 0.337 e. The van der Waals surface area contributed by atoms with Gasteiger partial charge >= 0.3 is 5.97 Å². The quantitative estimate of drug-likeness (QED) is 0.205. The van der Waals surface area contributed by atoms with Crippen LogP contribution in [0.3, 0.4) is 0 Å². The Kier molecular flexibility index (Phi) is 7.09. The first kappa shape index (κ1) is 24.9. The van der Waals surface area contributed by atoms with Crippen molar-refractivity contribution in [1.82, 2.24) is 4.98 Å². The van der Waals surface area contributed by atoms with E-state index in [1.807, 2.05) is 54.6 Å². The van der Waals surface area contributed by atoms with E-state index in [0.717, 1.165) is 58.9 Å². The van der Waals surface area contributed by atoms with Crippen molar-refractivity contribution in [3.05, 3.63) is 126 Å². The molecule has 0 aliphatic heterocycles. The predicted molar refractivity (Wildman–Crippen MR) is 154 cm³/mol. The largest absolute Gasteiger partial charge is 0.465 e. The van der Waals surface area contributed by atoms with Gasteiger partial charge in [0.05, 0.1) is 12.7 Å². The minimum Gasteiger partial charge on any atom is -0.465 e. The van der Waals surface area contributed by atoms with Crippen LogP contribution in [0.1, 0.15) is 47.0 Å². The summed E-state index contributed by atoms with van der Waals surface area (Å²) in [5.74, 6) is 2.09. The van der Waals surface area contributed by atoms with Crippen LogP contribution in [0.4, 0.5) is 0 Å². The Hall–Kier alpha value is -4.44. The first-order chi connectivity index (χ1) is 19.2. The number of methoxy groups -OCH3 is 1. The number of carbonyl (C=O) groups is 1. The van der Waals surface area contributed by atoms with E-state index in [-0.39, 0.29) is 11.9 Å². The minimum atomic E-state index is -0.322. The van der Waals surface area contributed by atoms with Gasteiger partial charge in [0.2, 0.25) is 0 Å². The summed E-state index contributed by atoms with van der Waals surface area (Å²) in [5.41, 5.74) is 6.98. The minimum absolute atomic E-state index is 0.274. The van der Waals surface area contributed by atoms with E-state index in [2.05, 4.69) is 48.5 Å². The molecule has 1 aliphatic rings. The molecule has 1 aromatic heterocycles. The van der Waals surface area contributed by atoms with Crippen LogP contribution in [0, 0.1) is 5.92 Å². The van der Waals surface area contributed by atoms with Crippen LogP contribution in [-0.4, -0.2) is 18.1 Å². The molecular weight excluding hydrogens is 482 g/mol. The third-order valence-corrected chi connectivity index (χ3v) is 7.75. The summed E-state index contributed by atoms with van der Waals surface area (Å²) < 4.78 is 11.5. The van der Waals surface area contributed by atoms with Crippen molar-refractivity contribution in [2.75, 3.05) is 7.11 Å². The van der Waals surface area contributed by atoms with Gasteiger partial charge in [-0.3, -0.25) is 0 Å². The summed E-state index contributed by atoms with van der Waals surface area (Å²) in [6.07, 6.45) is 4.35. The van der Waals surface area contributed by atoms with Crippen LogP contribution in [-0.2, 0) is 11.2 Å². The fraction of sp³-hybridized carbons (Fsp3) is 0.200. The molecule has 0 amide bonds. The molecule has 4 nitrogen and oxygen atoms in total. The van der Waals surface area contributed by atoms with E-state index in [0.29, 0.717) is 11.5 Å². The van der Waals surface area contributed by atoms with E-state index in [1.54, 1.807) is 6.07 Å². The highest BCUT2D eigenvalue weighted by molar-refractivity contribution is 5.91. The van der Waals surface area contributed by atoms with Gasteiger partial charge in [-0.2, -0.15) is 0 Å². The summed E-state index contributed by atoms with van der Waals surface area (Å²) in [5, 5.41) is 0. The first-order valence-corrected chi connectivity index (χ1v) is 13.6. The zero-order valence-electron chi connectivity index (χ0n) is 22.0. The number of ether oxygens (including phenoxy) is 1. The van der Waals surface area contributed by atoms with Crippen molar-refractivity contribution >= 4 is 5.97 Å². The van der Waals surface area contributed by atoms with Gasteiger partial charge in [0.1, 0.15) is 5.69 Å². The molecule has 0 radical (unpaired) electrons. The fourth-order valence-corrected chi connectivity index (χ4v) is 5.80. The number of oxazole rings is 1. The first-order valence-electron chi connectivity index (χ1n) is 13.6. The molecule has 6 rings (SSSR count). The number of esters is 1. The van der Waals surface area contributed by atoms with Crippen molar-refractivity contribution in [3.8, 4) is 33.7 Å². The van der Waals surface area contributed by atoms with Crippen LogP contribution in [0.5, 0.6) is 0 Å². The highest BCUT2D eigenvalue weighted by Gasteiger charge is 2.33. The van der Waals surface area contributed by atoms with Crippen LogP contribution in [0.15, 0.2) is 114 Å². The van der Waals surface area contributed by atoms with Crippen LogP contribution < -0.4 is 0 Å². The van der Waals surface area contributed by atoms with E-state index >= 15 is 0 Å². The molecule has 1 aliphatic carbocycles. The Labute approximate surface area is 229 Å². The summed E-state index contributed by atoms with van der Waals surface area (Å²) in [6.45, 7) is 0. The monoisotopic (exact) mass is 513 g/mol. The van der Waals surface area contributed by atoms with Gasteiger partial charge in [0.15, 0.2) is 11.7 Å². The topological polar surface area (TPSA) is 52.3 Å². The van der Waals surface area contributed by atoms with Gasteiger partial charge in [-0.1, -0.05) is 103 Å². The molecular formula is C35H31NO3. The molecule has 1 heterocycles. The highest BCUT2D eigenvalue weighted by Crippen LogP contribution is 2.44. The second-order valence-electron chi connectivity index (χ2n) is 10.2. The van der Waals surface area contributed by atoms with Gasteiger partial charge < -0.3 is 9.15 Å². The average molecular weight is 514 g/mol. The lowest BCUT2D eigenvalue weighted by atomic mass is 9.88. The second-order valence-corrected chi connectivity index (χ2v) is 10.2. The van der Waals surface area contributed by atoms with Gasteiger partial charge in [-0.15, -0.1) is 0 Å². The Bertz CT molecular complexity index is 1520. The SMILES string of the molecule is COC(=O)c1cccc(-c2cccc(CC3CCCC3c3nc(-c4ccccc4)c(-c4ccccc4)o3)c2)c1. The zero-order chi connectivity index (χ0) is 26.6. The summed E-state index contributed by atoms with van der Waals surface area (Å²) >= 11 is 0. The number of rotatable bonds is 7. The Morgan fingerprint density at radius 2 is 1.46 bits per heavy atom. The number of benzene rings is 4. The number of hydrogen-bond acceptors (Lipinski definition) is 4. The van der Waals surface area contributed by atoms with Crippen LogP contribution in [0.25, 0.3) is 33.7 Å². The Morgan fingerprint density at radius 3 is 2.21 bits per heavy atom. The molecule has 0 bridgehead atoms. The molecule has 194 valence electrons. The van der Waals surface area contributed by atoms with Crippen LogP contribution >= 0.6 is 0 Å². The van der Waals surface area contributed by atoms with Crippen molar-refractivity contribution in [1.29, 1.82) is 0 Å². The lowest BCUT2D eigenvalue weighted by Crippen LogP contribution is -2.10. The molecule has 0 saturated heterocycles. The summed E-state index contributed by atoms with van der Waals surface area (Å²) in [7, 11) is 1.41. The van der Waals surface area contributed by atoms with Crippen LogP contribution in [0.2, 0.25) is 0 Å². The molecule has 0 spiro atoms. The number of aromatic nitrogens is 1. The van der Waals surface area contributed by atoms with Crippen molar-refractivity contribution < 1.29 is 13.9 Å². The predicted octanol–water partition coefficient (Wildman–Crippen LogP) is 8.59. The molecule has 1 saturated carbocycles. The molecule has 39 heavy (non-hydrogen) atoms. The Balaban J connectivity index is 1.29. The molecule has 4 aromatic carbocycles. The molecule has 0 N–H and O–H groups in total. The normalized spacial score (nSPS) is 16.7. The van der Waals surface area contributed by atoms with Gasteiger partial charge in [0.25, 0.3) is 0 Å². The lowest BCUT2D eigenvalue weighted by Gasteiger charge is -2.17. The third kappa shape index (κ3) is 5.28. The average Bonchev–Trinajstić information content (AvgIpc) is 3.65. The van der Waals surface area contributed by atoms with Gasteiger partial charge in [0, 0.05) is 17.0 Å². The van der Waals surface area contributed by atoms with Crippen molar-refractivity contribution in [2.45, 2.75) is 31.6 Å². The van der Waals surface area contributed by atoms with Crippen molar-refractivity contribution in [3.63, 3.8) is 0 Å². The van der Waals surface area contributed by atoms with Gasteiger partial charge in [-0.25, -0.2) is 9.78 Å².